The maximum absolute atomic E-state index is 12.1. The van der Waals surface area contributed by atoms with Crippen LogP contribution in [-0.2, 0) is 6.54 Å². The van der Waals surface area contributed by atoms with Gasteiger partial charge >= 0.3 is 6.03 Å². The molecule has 124 valence electrons. The first-order valence-corrected chi connectivity index (χ1v) is 7.40. The van der Waals surface area contributed by atoms with Crippen LogP contribution in [-0.4, -0.2) is 29.9 Å². The van der Waals surface area contributed by atoms with Gasteiger partial charge in [-0.3, -0.25) is 0 Å². The highest BCUT2D eigenvalue weighted by Gasteiger charge is 2.12. The molecule has 0 aliphatic rings. The summed E-state index contributed by atoms with van der Waals surface area (Å²) < 4.78 is 12.3. The summed E-state index contributed by atoms with van der Waals surface area (Å²) in [4.78, 5) is 12.1. The number of para-hydroxylation sites is 1. The van der Waals surface area contributed by atoms with E-state index in [2.05, 4.69) is 15.7 Å². The Balaban J connectivity index is 1.65. The van der Waals surface area contributed by atoms with E-state index >= 15 is 0 Å². The number of methoxy groups -OCH3 is 2. The molecule has 0 unspecified atom stereocenters. The van der Waals surface area contributed by atoms with Crippen molar-refractivity contribution in [3.05, 3.63) is 54.4 Å². The number of amides is 2. The second-order valence-corrected chi connectivity index (χ2v) is 5.05. The Labute approximate surface area is 139 Å². The zero-order valence-electron chi connectivity index (χ0n) is 13.4. The van der Waals surface area contributed by atoms with E-state index in [-0.39, 0.29) is 6.03 Å². The van der Waals surface area contributed by atoms with Crippen LogP contribution in [0.5, 0.6) is 11.5 Å². The number of nitrogens with one attached hydrogen (secondary N) is 2. The van der Waals surface area contributed by atoms with Crippen molar-refractivity contribution < 1.29 is 14.3 Å². The highest BCUT2D eigenvalue weighted by Crippen LogP contribution is 2.34. The molecule has 0 radical (unpaired) electrons. The number of pyridine rings is 1. The number of carbonyl (C=O) groups excluding carboxylic acids is 1. The fraction of sp³-hybridized carbons (Fsp3) is 0.176. The molecule has 0 saturated heterocycles. The first-order valence-electron chi connectivity index (χ1n) is 7.40. The van der Waals surface area contributed by atoms with E-state index in [0.29, 0.717) is 23.7 Å². The van der Waals surface area contributed by atoms with Gasteiger partial charge in [-0.15, -0.1) is 0 Å². The van der Waals surface area contributed by atoms with Crippen molar-refractivity contribution >= 4 is 17.2 Å². The highest BCUT2D eigenvalue weighted by atomic mass is 16.5. The van der Waals surface area contributed by atoms with Crippen LogP contribution in [0.4, 0.5) is 10.5 Å². The van der Waals surface area contributed by atoms with E-state index in [9.17, 15) is 4.79 Å². The number of fused-ring (bicyclic) bond motifs is 1. The van der Waals surface area contributed by atoms with Crippen LogP contribution in [0, 0.1) is 0 Å². The van der Waals surface area contributed by atoms with E-state index in [1.54, 1.807) is 29.8 Å². The number of rotatable bonds is 5. The quantitative estimate of drug-likeness (QED) is 0.756. The Bertz CT molecular complexity index is 827. The average Bonchev–Trinajstić information content (AvgIpc) is 3.02. The molecule has 3 rings (SSSR count). The number of nitrogens with zero attached hydrogens (tertiary/aromatic N) is 2. The molecule has 24 heavy (non-hydrogen) atoms. The van der Waals surface area contributed by atoms with Crippen LogP contribution < -0.4 is 20.1 Å². The first kappa shape index (κ1) is 15.7. The number of benzene rings is 1. The van der Waals surface area contributed by atoms with Crippen molar-refractivity contribution in [2.75, 3.05) is 19.5 Å². The number of urea groups is 1. The van der Waals surface area contributed by atoms with Gasteiger partial charge < -0.3 is 20.1 Å². The van der Waals surface area contributed by atoms with Gasteiger partial charge in [0.2, 0.25) is 0 Å². The van der Waals surface area contributed by atoms with Gasteiger partial charge in [0.05, 0.1) is 37.7 Å². The third kappa shape index (κ3) is 3.24. The standard InChI is InChI=1S/C17H18N4O3/c1-23-15-8-5-7-14(16(15)24-2)19-17(22)18-11-12-10-13-6-3-4-9-21(13)20-12/h3-10H,11H2,1-2H3,(H2,18,19,22). The fourth-order valence-corrected chi connectivity index (χ4v) is 2.40. The Morgan fingerprint density at radius 1 is 1.17 bits per heavy atom. The summed E-state index contributed by atoms with van der Waals surface area (Å²) in [5.74, 6) is 1.03. The lowest BCUT2D eigenvalue weighted by molar-refractivity contribution is 0.251. The average molecular weight is 326 g/mol. The molecule has 1 aromatic carbocycles. The minimum Gasteiger partial charge on any atom is -0.493 e. The zero-order valence-corrected chi connectivity index (χ0v) is 13.4. The summed E-state index contributed by atoms with van der Waals surface area (Å²) in [6, 6.07) is 12.7. The van der Waals surface area contributed by atoms with Gasteiger partial charge in [0.25, 0.3) is 0 Å². The topological polar surface area (TPSA) is 76.9 Å². The third-order valence-electron chi connectivity index (χ3n) is 3.50. The van der Waals surface area contributed by atoms with E-state index < -0.39 is 0 Å². The van der Waals surface area contributed by atoms with Crippen molar-refractivity contribution in [3.63, 3.8) is 0 Å². The second-order valence-electron chi connectivity index (χ2n) is 5.05. The molecule has 2 aromatic heterocycles. The van der Waals surface area contributed by atoms with Crippen LogP contribution >= 0.6 is 0 Å². The predicted octanol–water partition coefficient (Wildman–Crippen LogP) is 2.67. The predicted molar refractivity (Wildman–Crippen MR) is 90.6 cm³/mol. The Kier molecular flexibility index (Phi) is 4.51. The van der Waals surface area contributed by atoms with Crippen LogP contribution in [0.1, 0.15) is 5.69 Å². The number of hydrogen-bond acceptors (Lipinski definition) is 4. The molecule has 0 spiro atoms. The maximum atomic E-state index is 12.1. The van der Waals surface area contributed by atoms with Crippen LogP contribution in [0.15, 0.2) is 48.7 Å². The van der Waals surface area contributed by atoms with Crippen molar-refractivity contribution in [1.82, 2.24) is 14.9 Å². The second kappa shape index (κ2) is 6.91. The summed E-state index contributed by atoms with van der Waals surface area (Å²) in [6.45, 7) is 0.319. The molecule has 0 fully saturated rings. The normalized spacial score (nSPS) is 10.4. The fourth-order valence-electron chi connectivity index (χ4n) is 2.40. The number of carbonyl (C=O) groups is 1. The third-order valence-corrected chi connectivity index (χ3v) is 3.50. The molecule has 3 aromatic rings. The Morgan fingerprint density at radius 3 is 2.79 bits per heavy atom. The van der Waals surface area contributed by atoms with Crippen LogP contribution in [0.3, 0.4) is 0 Å². The van der Waals surface area contributed by atoms with Gasteiger partial charge in [-0.05, 0) is 30.3 Å². The molecule has 0 atom stereocenters. The molecule has 2 heterocycles. The smallest absolute Gasteiger partial charge is 0.319 e. The molecule has 2 N–H and O–H groups in total. The van der Waals surface area contributed by atoms with Gasteiger partial charge in [-0.1, -0.05) is 12.1 Å². The van der Waals surface area contributed by atoms with Crippen molar-refractivity contribution in [2.24, 2.45) is 0 Å². The summed E-state index contributed by atoms with van der Waals surface area (Å²) in [7, 11) is 3.07. The lowest BCUT2D eigenvalue weighted by Gasteiger charge is -2.13. The van der Waals surface area contributed by atoms with Crippen LogP contribution in [0.2, 0.25) is 0 Å². The zero-order chi connectivity index (χ0) is 16.9. The summed E-state index contributed by atoms with van der Waals surface area (Å²) >= 11 is 0. The highest BCUT2D eigenvalue weighted by molar-refractivity contribution is 5.91. The minimum absolute atomic E-state index is 0.319. The lowest BCUT2D eigenvalue weighted by atomic mass is 10.2. The molecule has 0 saturated carbocycles. The number of ether oxygens (including phenoxy) is 2. The summed E-state index contributed by atoms with van der Waals surface area (Å²) in [5, 5.41) is 9.91. The monoisotopic (exact) mass is 326 g/mol. The lowest BCUT2D eigenvalue weighted by Crippen LogP contribution is -2.28. The molecule has 2 amide bonds. The Hall–Kier alpha value is -3.22. The van der Waals surface area contributed by atoms with E-state index in [4.69, 9.17) is 9.47 Å². The SMILES string of the molecule is COc1cccc(NC(=O)NCc2cc3ccccn3n2)c1OC. The molecular formula is C17H18N4O3. The van der Waals surface area contributed by atoms with E-state index in [1.165, 1.54) is 7.11 Å². The van der Waals surface area contributed by atoms with Gasteiger partial charge in [0.1, 0.15) is 0 Å². The molecule has 0 bridgehead atoms. The van der Waals surface area contributed by atoms with Gasteiger partial charge in [0, 0.05) is 6.20 Å². The number of hydrogen-bond donors (Lipinski definition) is 2. The first-order chi connectivity index (χ1) is 11.7. The largest absolute Gasteiger partial charge is 0.493 e. The van der Waals surface area contributed by atoms with Gasteiger partial charge in [0.15, 0.2) is 11.5 Å². The number of aromatic nitrogens is 2. The summed E-state index contributed by atoms with van der Waals surface area (Å²) in [5.41, 5.74) is 2.28. The minimum atomic E-state index is -0.349. The molecule has 7 heteroatoms. The summed E-state index contributed by atoms with van der Waals surface area (Å²) in [6.07, 6.45) is 1.86. The molecule has 7 nitrogen and oxygen atoms in total. The van der Waals surface area contributed by atoms with Crippen LogP contribution in [0.25, 0.3) is 5.52 Å². The van der Waals surface area contributed by atoms with Gasteiger partial charge in [-0.2, -0.15) is 5.10 Å². The van der Waals surface area contributed by atoms with E-state index in [1.807, 2.05) is 30.5 Å². The molecule has 0 aliphatic carbocycles. The van der Waals surface area contributed by atoms with E-state index in [0.717, 1.165) is 11.2 Å². The Morgan fingerprint density at radius 2 is 2.04 bits per heavy atom. The van der Waals surface area contributed by atoms with Crippen molar-refractivity contribution in [1.29, 1.82) is 0 Å². The van der Waals surface area contributed by atoms with Crippen molar-refractivity contribution in [2.45, 2.75) is 6.54 Å². The molecule has 0 aliphatic heterocycles. The maximum Gasteiger partial charge on any atom is 0.319 e. The number of anilines is 1. The van der Waals surface area contributed by atoms with Crippen molar-refractivity contribution in [3.8, 4) is 11.5 Å². The van der Waals surface area contributed by atoms with Gasteiger partial charge in [-0.25, -0.2) is 9.31 Å². The molecular weight excluding hydrogens is 308 g/mol.